The fraction of sp³-hybridized carbons (Fsp3) is 0.731. The van der Waals surface area contributed by atoms with Gasteiger partial charge >= 0.3 is 0 Å². The molecule has 5 atom stereocenters. The van der Waals surface area contributed by atoms with Crippen LogP contribution in [0.15, 0.2) is 24.3 Å². The number of aliphatic hydroxyl groups is 1. The van der Waals surface area contributed by atoms with E-state index in [2.05, 4.69) is 32.1 Å². The Morgan fingerprint density at radius 2 is 1.68 bits per heavy atom. The normalized spacial score (nSPS) is 34.9. The van der Waals surface area contributed by atoms with Crippen molar-refractivity contribution in [2.75, 3.05) is 39.8 Å². The highest BCUT2D eigenvalue weighted by Gasteiger charge is 2.73. The molecule has 4 aliphatic rings. The number of thioether (sulfide) groups is 1. The van der Waals surface area contributed by atoms with Gasteiger partial charge in [0.25, 0.3) is 0 Å². The van der Waals surface area contributed by atoms with Crippen LogP contribution in [0.2, 0.25) is 0 Å². The molecule has 1 unspecified atom stereocenters. The molecule has 0 bridgehead atoms. The van der Waals surface area contributed by atoms with Crippen LogP contribution in [-0.4, -0.2) is 92.9 Å². The van der Waals surface area contributed by atoms with Gasteiger partial charge in [-0.15, -0.1) is 11.8 Å². The van der Waals surface area contributed by atoms with Crippen molar-refractivity contribution >= 4 is 29.5 Å². The number of hydrogen-bond donors (Lipinski definition) is 1. The maximum atomic E-state index is 14.1. The Balaban J connectivity index is 1.74. The number of likely N-dealkylation sites (tertiary alicyclic amines) is 1. The molecule has 34 heavy (non-hydrogen) atoms. The first-order chi connectivity index (χ1) is 16.3. The topological polar surface area (TPSA) is 81.2 Å². The van der Waals surface area contributed by atoms with Crippen molar-refractivity contribution in [1.29, 1.82) is 0 Å². The van der Waals surface area contributed by atoms with Gasteiger partial charge in [0.2, 0.25) is 17.7 Å². The van der Waals surface area contributed by atoms with Crippen molar-refractivity contribution in [2.24, 2.45) is 11.8 Å². The van der Waals surface area contributed by atoms with Gasteiger partial charge in [0.1, 0.15) is 6.04 Å². The fourth-order valence-electron chi connectivity index (χ4n) is 6.25. The molecule has 188 valence electrons. The molecular weight excluding hydrogens is 450 g/mol. The lowest BCUT2D eigenvalue weighted by atomic mass is 9.74. The van der Waals surface area contributed by atoms with Gasteiger partial charge in [-0.25, -0.2) is 0 Å². The number of hydrogen-bond acceptors (Lipinski definition) is 5. The van der Waals surface area contributed by atoms with Crippen LogP contribution >= 0.6 is 11.8 Å². The molecule has 1 N–H and O–H groups in total. The lowest BCUT2D eigenvalue weighted by Crippen LogP contribution is -2.53. The number of carbonyl (C=O) groups is 3. The Kier molecular flexibility index (Phi) is 7.48. The Labute approximate surface area is 207 Å². The summed E-state index contributed by atoms with van der Waals surface area (Å²) in [5, 5.41) is 9.18. The quantitative estimate of drug-likeness (QED) is 0.398. The summed E-state index contributed by atoms with van der Waals surface area (Å²) in [7, 11) is 1.79. The van der Waals surface area contributed by atoms with Crippen molar-refractivity contribution < 1.29 is 19.5 Å². The van der Waals surface area contributed by atoms with E-state index in [0.717, 1.165) is 32.1 Å². The third kappa shape index (κ3) is 4.11. The molecule has 4 aliphatic heterocycles. The second-order valence-corrected chi connectivity index (χ2v) is 12.1. The van der Waals surface area contributed by atoms with Gasteiger partial charge in [-0.1, -0.05) is 44.1 Å². The number of likely N-dealkylation sites (N-methyl/N-ethyl adjacent to an activating group) is 1. The molecule has 7 nitrogen and oxygen atoms in total. The van der Waals surface area contributed by atoms with E-state index in [1.807, 2.05) is 11.0 Å². The van der Waals surface area contributed by atoms with E-state index in [-0.39, 0.29) is 24.3 Å². The van der Waals surface area contributed by atoms with Crippen molar-refractivity contribution in [1.82, 2.24) is 14.7 Å². The van der Waals surface area contributed by atoms with Crippen molar-refractivity contribution in [3.05, 3.63) is 24.3 Å². The van der Waals surface area contributed by atoms with E-state index < -0.39 is 27.4 Å². The summed E-state index contributed by atoms with van der Waals surface area (Å²) >= 11 is 1.65. The zero-order valence-electron chi connectivity index (χ0n) is 20.7. The van der Waals surface area contributed by atoms with E-state index >= 15 is 0 Å². The van der Waals surface area contributed by atoms with Gasteiger partial charge in [0, 0.05) is 44.6 Å². The molecule has 0 saturated carbocycles. The minimum Gasteiger partial charge on any atom is -0.396 e. The summed E-state index contributed by atoms with van der Waals surface area (Å²) in [5.41, 5.74) is 0. The van der Waals surface area contributed by atoms with Crippen molar-refractivity contribution in [3.8, 4) is 0 Å². The zero-order valence-corrected chi connectivity index (χ0v) is 21.6. The molecule has 8 heteroatoms. The second kappa shape index (κ2) is 10.1. The summed E-state index contributed by atoms with van der Waals surface area (Å²) in [5.74, 6) is -1.13. The summed E-state index contributed by atoms with van der Waals surface area (Å²) in [6.45, 7) is 6.58. The third-order valence-corrected chi connectivity index (χ3v) is 9.73. The molecule has 0 aliphatic carbocycles. The van der Waals surface area contributed by atoms with E-state index in [1.54, 1.807) is 28.6 Å². The molecule has 0 aromatic heterocycles. The fourth-order valence-corrected chi connectivity index (χ4v) is 8.41. The monoisotopic (exact) mass is 489 g/mol. The van der Waals surface area contributed by atoms with E-state index in [1.165, 1.54) is 0 Å². The molecule has 4 heterocycles. The lowest BCUT2D eigenvalue weighted by Gasteiger charge is -2.37. The van der Waals surface area contributed by atoms with Crippen molar-refractivity contribution in [2.45, 2.75) is 67.9 Å². The van der Waals surface area contributed by atoms with Gasteiger partial charge in [-0.05, 0) is 32.6 Å². The smallest absolute Gasteiger partial charge is 0.247 e. The average Bonchev–Trinajstić information content (AvgIpc) is 3.08. The summed E-state index contributed by atoms with van der Waals surface area (Å²) in [6, 6.07) is -0.597. The van der Waals surface area contributed by atoms with Gasteiger partial charge in [0.05, 0.1) is 16.6 Å². The molecule has 2 saturated heterocycles. The molecule has 0 aromatic carbocycles. The first-order valence-corrected chi connectivity index (χ1v) is 13.6. The Morgan fingerprint density at radius 1 is 0.941 bits per heavy atom. The average molecular weight is 490 g/mol. The SMILES string of the molecule is CCCCCN1CC=C[C@]23S[C@]4(C)C=CCN(C)C(=O)[C@@H]4[C@H]2C(=O)N(CCCCCO)C3C1=O. The second-order valence-electron chi connectivity index (χ2n) is 10.3. The summed E-state index contributed by atoms with van der Waals surface area (Å²) < 4.78 is -1.28. The Hall–Kier alpha value is -1.80. The van der Waals surface area contributed by atoms with E-state index in [0.29, 0.717) is 32.6 Å². The van der Waals surface area contributed by atoms with Gasteiger partial charge in [-0.2, -0.15) is 0 Å². The maximum Gasteiger partial charge on any atom is 0.247 e. The number of nitrogens with zero attached hydrogens (tertiary/aromatic N) is 3. The predicted molar refractivity (Wildman–Crippen MR) is 134 cm³/mol. The number of carbonyl (C=O) groups excluding carboxylic acids is 3. The van der Waals surface area contributed by atoms with Crippen LogP contribution in [0, 0.1) is 11.8 Å². The first kappa shape index (κ1) is 25.3. The van der Waals surface area contributed by atoms with Crippen LogP contribution in [-0.2, 0) is 14.4 Å². The largest absolute Gasteiger partial charge is 0.396 e. The Morgan fingerprint density at radius 3 is 2.41 bits per heavy atom. The highest BCUT2D eigenvalue weighted by Crippen LogP contribution is 2.65. The van der Waals surface area contributed by atoms with Gasteiger partial charge in [-0.3, -0.25) is 14.4 Å². The number of rotatable bonds is 9. The van der Waals surface area contributed by atoms with Crippen molar-refractivity contribution in [3.63, 3.8) is 0 Å². The highest BCUT2D eigenvalue weighted by atomic mass is 32.2. The predicted octanol–water partition coefficient (Wildman–Crippen LogP) is 2.45. The summed E-state index contributed by atoms with van der Waals surface area (Å²) in [6.07, 6.45) is 13.6. The molecule has 0 radical (unpaired) electrons. The Bertz CT molecular complexity index is 876. The van der Waals surface area contributed by atoms with Gasteiger partial charge < -0.3 is 19.8 Å². The number of fused-ring (bicyclic) bond motifs is 2. The van der Waals surface area contributed by atoms with Crippen LogP contribution < -0.4 is 0 Å². The molecule has 1 spiro atoms. The van der Waals surface area contributed by atoms with Crippen LogP contribution in [0.4, 0.5) is 0 Å². The molecule has 3 amide bonds. The first-order valence-electron chi connectivity index (χ1n) is 12.8. The van der Waals surface area contributed by atoms with Crippen LogP contribution in [0.1, 0.15) is 52.4 Å². The molecule has 4 rings (SSSR count). The number of unbranched alkanes of at least 4 members (excludes halogenated alkanes) is 4. The minimum absolute atomic E-state index is 0.0106. The standard InChI is InChI=1S/C26H39N3O4S/c1-4-5-7-15-28-16-11-13-26-20(19-22(31)27(3)14-10-12-25(19,2)34-26)23(32)29(21(26)24(28)33)17-8-6-9-18-30/h10-13,19-21,30H,4-9,14-18H2,1-3H3/t19-,20-,21?,25+,26-/m0/s1. The zero-order chi connectivity index (χ0) is 24.5. The number of aliphatic hydroxyl groups excluding tert-OH is 1. The van der Waals surface area contributed by atoms with E-state index in [4.69, 9.17) is 0 Å². The summed E-state index contributed by atoms with van der Waals surface area (Å²) in [4.78, 5) is 47.1. The van der Waals surface area contributed by atoms with Crippen LogP contribution in [0.5, 0.6) is 0 Å². The highest BCUT2D eigenvalue weighted by molar-refractivity contribution is 8.02. The van der Waals surface area contributed by atoms with Crippen LogP contribution in [0.3, 0.4) is 0 Å². The lowest BCUT2D eigenvalue weighted by molar-refractivity contribution is -0.144. The van der Waals surface area contributed by atoms with Crippen LogP contribution in [0.25, 0.3) is 0 Å². The van der Waals surface area contributed by atoms with Gasteiger partial charge in [0.15, 0.2) is 0 Å². The molecule has 2 fully saturated rings. The molecule has 0 aromatic rings. The molecular formula is C26H39N3O4S. The minimum atomic E-state index is -0.748. The number of amides is 3. The maximum absolute atomic E-state index is 14.1. The van der Waals surface area contributed by atoms with E-state index in [9.17, 15) is 19.5 Å². The third-order valence-electron chi connectivity index (χ3n) is 7.93.